The second-order valence-corrected chi connectivity index (χ2v) is 7.66. The van der Waals surface area contributed by atoms with Gasteiger partial charge in [0.1, 0.15) is 11.5 Å². The molecule has 1 aliphatic rings. The summed E-state index contributed by atoms with van der Waals surface area (Å²) in [6.45, 7) is 4.70. The number of nitrogens with zero attached hydrogens (tertiary/aromatic N) is 2. The summed E-state index contributed by atoms with van der Waals surface area (Å²) in [7, 11) is 3.05. The van der Waals surface area contributed by atoms with E-state index in [4.69, 9.17) is 21.7 Å². The Morgan fingerprint density at radius 3 is 2.22 bits per heavy atom. The largest absolute Gasteiger partial charge is 0.497 e. The first-order chi connectivity index (χ1) is 15.4. The summed E-state index contributed by atoms with van der Waals surface area (Å²) < 4.78 is 10.4. The Morgan fingerprint density at radius 1 is 1.00 bits per heavy atom. The molecule has 2 aromatic carbocycles. The first-order valence-corrected chi connectivity index (χ1v) is 10.8. The predicted molar refractivity (Wildman–Crippen MR) is 129 cm³/mol. The normalized spacial score (nSPS) is 13.3. The maximum absolute atomic E-state index is 12.7. The highest BCUT2D eigenvalue weighted by molar-refractivity contribution is 7.80. The first kappa shape index (κ1) is 23.3. The summed E-state index contributed by atoms with van der Waals surface area (Å²) in [4.78, 5) is 28.7. The number of methoxy groups -OCH3 is 2. The van der Waals surface area contributed by atoms with Crippen LogP contribution >= 0.6 is 12.2 Å². The summed E-state index contributed by atoms with van der Waals surface area (Å²) in [5, 5.41) is 6.02. The van der Waals surface area contributed by atoms with E-state index in [1.165, 1.54) is 14.2 Å². The third-order valence-corrected chi connectivity index (χ3v) is 5.47. The summed E-state index contributed by atoms with van der Waals surface area (Å²) in [6, 6.07) is 12.7. The van der Waals surface area contributed by atoms with Gasteiger partial charge in [0.15, 0.2) is 5.11 Å². The van der Waals surface area contributed by atoms with Crippen molar-refractivity contribution in [1.82, 2.24) is 10.2 Å². The van der Waals surface area contributed by atoms with E-state index in [2.05, 4.69) is 15.5 Å². The van der Waals surface area contributed by atoms with Gasteiger partial charge in [-0.05, 0) is 36.5 Å². The zero-order valence-electron chi connectivity index (χ0n) is 18.5. The Labute approximate surface area is 193 Å². The average Bonchev–Trinajstić information content (AvgIpc) is 2.83. The monoisotopic (exact) mass is 456 g/mol. The highest BCUT2D eigenvalue weighted by Crippen LogP contribution is 2.27. The lowest BCUT2D eigenvalue weighted by Crippen LogP contribution is -2.48. The van der Waals surface area contributed by atoms with Gasteiger partial charge in [-0.3, -0.25) is 14.9 Å². The van der Waals surface area contributed by atoms with Gasteiger partial charge in [0, 0.05) is 44.2 Å². The van der Waals surface area contributed by atoms with Gasteiger partial charge in [0.2, 0.25) is 5.91 Å². The van der Waals surface area contributed by atoms with Crippen LogP contribution < -0.4 is 25.0 Å². The number of carbonyl (C=O) groups is 2. The molecule has 1 heterocycles. The molecule has 0 atom stereocenters. The van der Waals surface area contributed by atoms with E-state index in [1.807, 2.05) is 36.1 Å². The fourth-order valence-corrected chi connectivity index (χ4v) is 3.75. The maximum atomic E-state index is 12.7. The van der Waals surface area contributed by atoms with Crippen LogP contribution in [-0.4, -0.2) is 62.2 Å². The molecule has 3 rings (SSSR count). The third-order valence-electron chi connectivity index (χ3n) is 5.27. The molecule has 0 aliphatic carbocycles. The number of rotatable bonds is 6. The van der Waals surface area contributed by atoms with Crippen LogP contribution in [0.2, 0.25) is 0 Å². The van der Waals surface area contributed by atoms with Crippen molar-refractivity contribution < 1.29 is 19.1 Å². The SMILES string of the molecule is CCC(=O)N1CCN(c2ccccc2NC(=S)NC(=O)c2cc(OC)cc(OC)c2)CC1. The van der Waals surface area contributed by atoms with Gasteiger partial charge in [-0.2, -0.15) is 0 Å². The molecule has 9 heteroatoms. The molecule has 2 N–H and O–H groups in total. The Balaban J connectivity index is 1.66. The predicted octanol–water partition coefficient (Wildman–Crippen LogP) is 2.89. The fourth-order valence-electron chi connectivity index (χ4n) is 3.54. The fraction of sp³-hybridized carbons (Fsp3) is 0.348. The smallest absolute Gasteiger partial charge is 0.257 e. The number of benzene rings is 2. The maximum Gasteiger partial charge on any atom is 0.257 e. The molecule has 0 radical (unpaired) electrons. The number of para-hydroxylation sites is 2. The van der Waals surface area contributed by atoms with E-state index < -0.39 is 0 Å². The van der Waals surface area contributed by atoms with E-state index in [1.54, 1.807) is 18.2 Å². The highest BCUT2D eigenvalue weighted by Gasteiger charge is 2.22. The number of carbonyl (C=O) groups excluding carboxylic acids is 2. The minimum atomic E-state index is -0.371. The van der Waals surface area contributed by atoms with Gasteiger partial charge in [-0.1, -0.05) is 19.1 Å². The van der Waals surface area contributed by atoms with Gasteiger partial charge in [-0.25, -0.2) is 0 Å². The molecule has 1 saturated heterocycles. The van der Waals surface area contributed by atoms with Crippen LogP contribution in [0.5, 0.6) is 11.5 Å². The van der Waals surface area contributed by atoms with Crippen LogP contribution in [0, 0.1) is 0 Å². The average molecular weight is 457 g/mol. The first-order valence-electron chi connectivity index (χ1n) is 10.4. The van der Waals surface area contributed by atoms with Crippen LogP contribution in [-0.2, 0) is 4.79 Å². The molecule has 0 saturated carbocycles. The van der Waals surface area contributed by atoms with Crippen LogP contribution in [0.25, 0.3) is 0 Å². The molecule has 2 aromatic rings. The Kier molecular flexibility index (Phi) is 7.88. The lowest BCUT2D eigenvalue weighted by Gasteiger charge is -2.37. The number of thiocarbonyl (C=S) groups is 1. The molecular weight excluding hydrogens is 428 g/mol. The van der Waals surface area contributed by atoms with E-state index in [9.17, 15) is 9.59 Å². The lowest BCUT2D eigenvalue weighted by molar-refractivity contribution is -0.131. The number of ether oxygens (including phenoxy) is 2. The number of amides is 2. The van der Waals surface area contributed by atoms with Crippen molar-refractivity contribution in [2.45, 2.75) is 13.3 Å². The zero-order valence-corrected chi connectivity index (χ0v) is 19.3. The van der Waals surface area contributed by atoms with Gasteiger partial charge in [0.25, 0.3) is 5.91 Å². The van der Waals surface area contributed by atoms with Crippen molar-refractivity contribution in [3.8, 4) is 11.5 Å². The minimum absolute atomic E-state index is 0.175. The summed E-state index contributed by atoms with van der Waals surface area (Å²) in [5.74, 6) is 0.830. The summed E-state index contributed by atoms with van der Waals surface area (Å²) >= 11 is 5.39. The summed E-state index contributed by atoms with van der Waals surface area (Å²) in [6.07, 6.45) is 0.519. The van der Waals surface area contributed by atoms with E-state index >= 15 is 0 Å². The number of hydrogen-bond donors (Lipinski definition) is 2. The quantitative estimate of drug-likeness (QED) is 0.647. The minimum Gasteiger partial charge on any atom is -0.497 e. The second kappa shape index (κ2) is 10.8. The molecule has 1 fully saturated rings. The Bertz CT molecular complexity index is 967. The van der Waals surface area contributed by atoms with Crippen molar-refractivity contribution in [2.75, 3.05) is 50.6 Å². The van der Waals surface area contributed by atoms with E-state index in [0.717, 1.165) is 24.5 Å². The molecule has 0 bridgehead atoms. The molecule has 32 heavy (non-hydrogen) atoms. The molecular formula is C23H28N4O4S. The number of piperazine rings is 1. The van der Waals surface area contributed by atoms with Crippen LogP contribution in [0.3, 0.4) is 0 Å². The van der Waals surface area contributed by atoms with Crippen LogP contribution in [0.1, 0.15) is 23.7 Å². The molecule has 1 aliphatic heterocycles. The van der Waals surface area contributed by atoms with Crippen LogP contribution in [0.15, 0.2) is 42.5 Å². The molecule has 0 unspecified atom stereocenters. The molecule has 170 valence electrons. The second-order valence-electron chi connectivity index (χ2n) is 7.25. The topological polar surface area (TPSA) is 83.1 Å². The van der Waals surface area contributed by atoms with Gasteiger partial charge >= 0.3 is 0 Å². The standard InChI is InChI=1S/C23H28N4O4S/c1-4-21(28)27-11-9-26(10-12-27)20-8-6-5-7-19(20)24-23(32)25-22(29)16-13-17(30-2)15-18(14-16)31-3/h5-8,13-15H,4,9-12H2,1-3H3,(H2,24,25,29,32). The molecule has 0 spiro atoms. The van der Waals surface area contributed by atoms with Crippen molar-refractivity contribution in [1.29, 1.82) is 0 Å². The number of hydrogen-bond acceptors (Lipinski definition) is 6. The molecule has 8 nitrogen and oxygen atoms in total. The highest BCUT2D eigenvalue weighted by atomic mass is 32.1. The van der Waals surface area contributed by atoms with E-state index in [0.29, 0.717) is 36.6 Å². The van der Waals surface area contributed by atoms with Crippen molar-refractivity contribution in [3.05, 3.63) is 48.0 Å². The van der Waals surface area contributed by atoms with Gasteiger partial charge in [0.05, 0.1) is 25.6 Å². The van der Waals surface area contributed by atoms with Crippen molar-refractivity contribution in [3.63, 3.8) is 0 Å². The lowest BCUT2D eigenvalue weighted by atomic mass is 10.2. The van der Waals surface area contributed by atoms with Crippen molar-refractivity contribution in [2.24, 2.45) is 0 Å². The van der Waals surface area contributed by atoms with E-state index in [-0.39, 0.29) is 16.9 Å². The zero-order chi connectivity index (χ0) is 23.1. The van der Waals surface area contributed by atoms with Crippen LogP contribution in [0.4, 0.5) is 11.4 Å². The number of nitrogens with one attached hydrogen (secondary N) is 2. The van der Waals surface area contributed by atoms with Crippen molar-refractivity contribution >= 4 is 40.5 Å². The molecule has 0 aromatic heterocycles. The number of anilines is 2. The van der Waals surface area contributed by atoms with Gasteiger partial charge < -0.3 is 24.6 Å². The summed E-state index contributed by atoms with van der Waals surface area (Å²) in [5.41, 5.74) is 2.13. The Hall–Kier alpha value is -3.33. The third kappa shape index (κ3) is 5.67. The Morgan fingerprint density at radius 2 is 1.62 bits per heavy atom. The molecule has 2 amide bonds. The van der Waals surface area contributed by atoms with Gasteiger partial charge in [-0.15, -0.1) is 0 Å².